The van der Waals surface area contributed by atoms with E-state index in [4.69, 9.17) is 0 Å². The summed E-state index contributed by atoms with van der Waals surface area (Å²) < 4.78 is 29.9. The summed E-state index contributed by atoms with van der Waals surface area (Å²) in [5.74, 6) is 0. The monoisotopic (exact) mass is 517 g/mol. The number of rotatable bonds is 6. The second kappa shape index (κ2) is 9.27. The van der Waals surface area contributed by atoms with E-state index in [1.165, 1.54) is 23.2 Å². The molecule has 2 aliphatic rings. The third-order valence-corrected chi connectivity index (χ3v) is 17.1. The highest BCUT2D eigenvalue weighted by atomic mass is 32.2. The molecule has 0 unspecified atom stereocenters. The van der Waals surface area contributed by atoms with E-state index in [1.807, 2.05) is 23.4 Å². The van der Waals surface area contributed by atoms with E-state index < -0.39 is 18.1 Å². The summed E-state index contributed by atoms with van der Waals surface area (Å²) in [4.78, 5) is 0.424. The Labute approximate surface area is 218 Å². The number of aryl methyl sites for hydroxylation is 1. The molecule has 190 valence electrons. The number of nitrogens with zero attached hydrogens (tertiary/aromatic N) is 1. The predicted octanol–water partition coefficient (Wildman–Crippen LogP) is 5.99. The molecule has 3 aromatic carbocycles. The maximum Gasteiger partial charge on any atom is 0.243 e. The zero-order chi connectivity index (χ0) is 25.6. The first-order chi connectivity index (χ1) is 17.1. The minimum absolute atomic E-state index is 0.00435. The minimum atomic E-state index is -3.56. The molecule has 0 bridgehead atoms. The van der Waals surface area contributed by atoms with Crippen LogP contribution in [0.15, 0.2) is 89.8 Å². The van der Waals surface area contributed by atoms with Crippen molar-refractivity contribution in [1.29, 1.82) is 0 Å². The van der Waals surface area contributed by atoms with Crippen molar-refractivity contribution in [1.82, 2.24) is 4.31 Å². The van der Waals surface area contributed by atoms with Crippen LogP contribution in [0.3, 0.4) is 0 Å². The average molecular weight is 518 g/mol. The molecule has 0 N–H and O–H groups in total. The fraction of sp³-hybridized carbons (Fsp3) is 0.419. The van der Waals surface area contributed by atoms with Crippen molar-refractivity contribution in [2.75, 3.05) is 6.54 Å². The highest BCUT2D eigenvalue weighted by Gasteiger charge is 2.62. The lowest BCUT2D eigenvalue weighted by Crippen LogP contribution is -2.73. The number of sulfonamides is 1. The summed E-state index contributed by atoms with van der Waals surface area (Å²) in [6.07, 6.45) is 4.68. The van der Waals surface area contributed by atoms with Gasteiger partial charge in [0.05, 0.1) is 4.90 Å². The van der Waals surface area contributed by atoms with Crippen LogP contribution in [-0.4, -0.2) is 33.4 Å². The summed E-state index contributed by atoms with van der Waals surface area (Å²) in [5.41, 5.74) is 1.18. The van der Waals surface area contributed by atoms with Gasteiger partial charge in [-0.1, -0.05) is 122 Å². The van der Waals surface area contributed by atoms with Gasteiger partial charge >= 0.3 is 0 Å². The molecule has 1 aliphatic carbocycles. The van der Waals surface area contributed by atoms with Crippen LogP contribution in [0.2, 0.25) is 11.1 Å². The summed E-state index contributed by atoms with van der Waals surface area (Å²) in [6, 6.07) is 30.3. The maximum atomic E-state index is 14.0. The molecular weight excluding hydrogens is 478 g/mol. The van der Waals surface area contributed by atoms with Gasteiger partial charge in [0.25, 0.3) is 0 Å². The smallest absolute Gasteiger partial charge is 0.207 e. The van der Waals surface area contributed by atoms with Crippen molar-refractivity contribution >= 4 is 28.5 Å². The van der Waals surface area contributed by atoms with Crippen LogP contribution in [0.5, 0.6) is 0 Å². The lowest BCUT2D eigenvalue weighted by atomic mass is 9.73. The van der Waals surface area contributed by atoms with Crippen LogP contribution >= 0.6 is 0 Å². The van der Waals surface area contributed by atoms with E-state index in [1.54, 1.807) is 12.1 Å². The van der Waals surface area contributed by atoms with E-state index in [2.05, 4.69) is 81.4 Å². The van der Waals surface area contributed by atoms with Crippen molar-refractivity contribution in [2.24, 2.45) is 5.41 Å². The normalized spacial score (nSPS) is 20.4. The second-order valence-corrected chi connectivity index (χ2v) is 18.8. The van der Waals surface area contributed by atoms with Gasteiger partial charge in [0.15, 0.2) is 0 Å². The molecule has 1 atom stereocenters. The van der Waals surface area contributed by atoms with E-state index in [0.717, 1.165) is 24.4 Å². The van der Waals surface area contributed by atoms with Crippen molar-refractivity contribution in [2.45, 2.75) is 75.4 Å². The van der Waals surface area contributed by atoms with E-state index in [-0.39, 0.29) is 16.5 Å². The van der Waals surface area contributed by atoms with Gasteiger partial charge in [-0.2, -0.15) is 4.31 Å². The lowest BCUT2D eigenvalue weighted by Gasteiger charge is -2.59. The molecule has 1 saturated carbocycles. The first-order valence-corrected chi connectivity index (χ1v) is 16.9. The minimum Gasteiger partial charge on any atom is -0.207 e. The van der Waals surface area contributed by atoms with E-state index in [0.29, 0.717) is 11.4 Å². The highest BCUT2D eigenvalue weighted by molar-refractivity contribution is 7.89. The second-order valence-electron chi connectivity index (χ2n) is 12.0. The van der Waals surface area contributed by atoms with Crippen LogP contribution in [-0.2, 0) is 10.0 Å². The molecular formula is C31H39NO2SSi. The summed E-state index contributed by atoms with van der Waals surface area (Å²) >= 11 is 0. The predicted molar refractivity (Wildman–Crippen MR) is 152 cm³/mol. The Balaban J connectivity index is 1.66. The van der Waals surface area contributed by atoms with E-state index in [9.17, 15) is 8.42 Å². The van der Waals surface area contributed by atoms with Gasteiger partial charge in [-0.15, -0.1) is 0 Å². The fourth-order valence-electron chi connectivity index (χ4n) is 7.02. The van der Waals surface area contributed by atoms with Gasteiger partial charge in [0.1, 0.15) is 8.07 Å². The molecule has 1 aliphatic heterocycles. The molecule has 0 aromatic heterocycles. The molecule has 1 saturated heterocycles. The molecule has 0 radical (unpaired) electrons. The fourth-order valence-corrected chi connectivity index (χ4v) is 14.9. The molecule has 2 fully saturated rings. The highest BCUT2D eigenvalue weighted by Crippen LogP contribution is 2.56. The molecule has 3 aromatic rings. The topological polar surface area (TPSA) is 37.4 Å². The van der Waals surface area contributed by atoms with Crippen LogP contribution in [0.1, 0.15) is 52.0 Å². The van der Waals surface area contributed by atoms with Gasteiger partial charge in [0, 0.05) is 18.0 Å². The zero-order valence-electron chi connectivity index (χ0n) is 22.1. The number of benzene rings is 3. The molecule has 36 heavy (non-hydrogen) atoms. The van der Waals surface area contributed by atoms with Crippen LogP contribution in [0.25, 0.3) is 0 Å². The molecule has 1 spiro atoms. The van der Waals surface area contributed by atoms with Crippen molar-refractivity contribution in [3.8, 4) is 0 Å². The Morgan fingerprint density at radius 1 is 0.833 bits per heavy atom. The van der Waals surface area contributed by atoms with Gasteiger partial charge in [-0.05, 0) is 43.0 Å². The molecule has 1 heterocycles. The summed E-state index contributed by atoms with van der Waals surface area (Å²) in [5, 5.41) is 2.80. The molecule has 5 rings (SSSR count). The zero-order valence-corrected chi connectivity index (χ0v) is 23.9. The van der Waals surface area contributed by atoms with Gasteiger partial charge in [-0.3, -0.25) is 0 Å². The van der Waals surface area contributed by atoms with E-state index >= 15 is 0 Å². The Morgan fingerprint density at radius 3 is 1.81 bits per heavy atom. The van der Waals surface area contributed by atoms with Crippen LogP contribution < -0.4 is 10.4 Å². The average Bonchev–Trinajstić information content (AvgIpc) is 3.36. The Morgan fingerprint density at radius 2 is 1.33 bits per heavy atom. The van der Waals surface area contributed by atoms with Crippen LogP contribution in [0, 0.1) is 12.3 Å². The lowest BCUT2D eigenvalue weighted by molar-refractivity contribution is 0.00523. The quantitative estimate of drug-likeness (QED) is 0.377. The maximum absolute atomic E-state index is 14.0. The Kier molecular flexibility index (Phi) is 6.55. The third-order valence-electron chi connectivity index (χ3n) is 9.07. The molecule has 5 heteroatoms. The first-order valence-electron chi connectivity index (χ1n) is 13.3. The molecule has 0 amide bonds. The summed E-state index contributed by atoms with van der Waals surface area (Å²) in [7, 11) is -5.97. The third kappa shape index (κ3) is 4.09. The Bertz CT molecular complexity index is 1250. The largest absolute Gasteiger partial charge is 0.243 e. The van der Waals surface area contributed by atoms with Crippen molar-refractivity contribution < 1.29 is 8.42 Å². The molecule has 3 nitrogen and oxygen atoms in total. The van der Waals surface area contributed by atoms with Gasteiger partial charge in [-0.25, -0.2) is 8.42 Å². The Hall–Kier alpha value is -2.21. The van der Waals surface area contributed by atoms with Crippen LogP contribution in [0.4, 0.5) is 0 Å². The SMILES string of the molecule is Cc1ccc(S(=O)(=O)N2CC3(CCCC3)[C@@H]2C[Si](c2ccccc2)(c2ccccc2)C(C)(C)C)cc1. The number of hydrogen-bond acceptors (Lipinski definition) is 2. The summed E-state index contributed by atoms with van der Waals surface area (Å²) in [6.45, 7) is 9.78. The van der Waals surface area contributed by atoms with Crippen molar-refractivity contribution in [3.05, 3.63) is 90.5 Å². The van der Waals surface area contributed by atoms with Gasteiger partial charge in [0.2, 0.25) is 10.0 Å². The number of hydrogen-bond donors (Lipinski definition) is 0. The standard InChI is InChI=1S/C31H39NO2SSi/c1-25-17-19-26(20-18-25)35(33,34)32-24-31(21-11-12-22-31)29(32)23-36(30(2,3)4,27-13-7-5-8-14-27)28-15-9-6-10-16-28/h5-10,13-20,29H,11-12,21-24H2,1-4H3/t29-/m0/s1. The first kappa shape index (κ1) is 25.4. The van der Waals surface area contributed by atoms with Crippen molar-refractivity contribution in [3.63, 3.8) is 0 Å². The van der Waals surface area contributed by atoms with Gasteiger partial charge < -0.3 is 0 Å².